The molecule has 12 heavy (non-hydrogen) atoms. The van der Waals surface area contributed by atoms with Crippen LogP contribution in [0.1, 0.15) is 13.8 Å². The molecule has 1 rings (SSSR count). The lowest BCUT2D eigenvalue weighted by Crippen LogP contribution is -2.46. The van der Waals surface area contributed by atoms with E-state index in [1.165, 1.54) is 13.8 Å². The molecule has 0 aromatic carbocycles. The summed E-state index contributed by atoms with van der Waals surface area (Å²) in [4.78, 5) is 0. The predicted octanol–water partition coefficient (Wildman–Crippen LogP) is -0.312. The van der Waals surface area contributed by atoms with Gasteiger partial charge < -0.3 is 0 Å². The first-order valence-corrected chi connectivity index (χ1v) is 6.17. The Labute approximate surface area is 72.0 Å². The summed E-state index contributed by atoms with van der Waals surface area (Å²) < 4.78 is 41.3. The molecule has 0 aliphatic carbocycles. The third kappa shape index (κ3) is 1.17. The van der Waals surface area contributed by atoms with Gasteiger partial charge in [0.25, 0.3) is 10.1 Å². The molecule has 0 aromatic rings. The van der Waals surface area contributed by atoms with Crippen LogP contribution in [0.4, 0.5) is 0 Å². The molecular formula is C5H10O5S2. The largest absolute Gasteiger partial charge is 0.288 e. The van der Waals surface area contributed by atoms with Crippen molar-refractivity contribution < 1.29 is 21.0 Å². The normalized spacial score (nSPS) is 39.2. The van der Waals surface area contributed by atoms with Crippen LogP contribution in [0.5, 0.6) is 0 Å². The molecule has 0 spiro atoms. The quantitative estimate of drug-likeness (QED) is 0.408. The van der Waals surface area contributed by atoms with Crippen molar-refractivity contribution >= 4 is 25.8 Å². The summed E-state index contributed by atoms with van der Waals surface area (Å²) in [5.41, 5.74) is 0. The minimum atomic E-state index is -3.83. The maximum atomic E-state index is 11.5. The smallest absolute Gasteiger partial charge is 0.267 e. The van der Waals surface area contributed by atoms with Gasteiger partial charge in [0.2, 0.25) is 0 Å². The van der Waals surface area contributed by atoms with Crippen LogP contribution in [0.25, 0.3) is 0 Å². The minimum Gasteiger partial charge on any atom is -0.267 e. The average Bonchev–Trinajstić information content (AvgIpc) is 1.83. The van der Waals surface area contributed by atoms with Crippen molar-refractivity contribution in [1.82, 2.24) is 0 Å². The van der Waals surface area contributed by atoms with Crippen molar-refractivity contribution in [2.45, 2.75) is 17.9 Å². The topological polar surface area (TPSA) is 69.7 Å². The molecule has 0 radical (unpaired) electrons. The summed E-state index contributed by atoms with van der Waals surface area (Å²) in [6.07, 6.45) is 0. The summed E-state index contributed by atoms with van der Waals surface area (Å²) in [6.45, 7) is 2.00. The minimum absolute atomic E-state index is 0.520. The zero-order valence-electron chi connectivity index (χ0n) is 6.77. The van der Waals surface area contributed by atoms with Crippen LogP contribution in [0, 0.1) is 0 Å². The maximum absolute atomic E-state index is 11.5. The average molecular weight is 214 g/mol. The molecule has 5 nitrogen and oxygen atoms in total. The third-order valence-electron chi connectivity index (χ3n) is 1.79. The van der Waals surface area contributed by atoms with Gasteiger partial charge in [0.05, 0.1) is 0 Å². The van der Waals surface area contributed by atoms with Gasteiger partial charge in [-0.2, -0.15) is 8.42 Å². The molecule has 0 aromatic heterocycles. The van der Waals surface area contributed by atoms with Crippen LogP contribution in [-0.2, 0) is 28.3 Å². The summed E-state index contributed by atoms with van der Waals surface area (Å²) in [6, 6.07) is 0. The summed E-state index contributed by atoms with van der Waals surface area (Å²) in [5, 5.41) is 0. The second kappa shape index (κ2) is 2.44. The highest BCUT2D eigenvalue weighted by Gasteiger charge is 2.47. The molecule has 0 amide bonds. The molecular weight excluding hydrogens is 204 g/mol. The lowest BCUT2D eigenvalue weighted by Gasteiger charge is -2.31. The first kappa shape index (κ1) is 9.97. The van der Waals surface area contributed by atoms with E-state index in [1.54, 1.807) is 0 Å². The Hall–Kier alpha value is -0.110. The second-order valence-electron chi connectivity index (χ2n) is 2.82. The number of hydrogen-bond donors (Lipinski definition) is 0. The Morgan fingerprint density at radius 1 is 1.25 bits per heavy atom. The second-order valence-corrected chi connectivity index (χ2v) is 7.73. The molecule has 72 valence electrons. The summed E-state index contributed by atoms with van der Waals surface area (Å²) in [5.74, 6) is 3.22. The first-order valence-electron chi connectivity index (χ1n) is 3.11. The zero-order chi connectivity index (χ0) is 9.62. The van der Waals surface area contributed by atoms with Gasteiger partial charge in [-0.05, 0) is 19.7 Å². The highest BCUT2D eigenvalue weighted by Crippen LogP contribution is 2.30. The Morgan fingerprint density at radius 2 is 1.75 bits per heavy atom. The third-order valence-corrected chi connectivity index (χ3v) is 6.75. The van der Waals surface area contributed by atoms with E-state index in [1.807, 2.05) is 0 Å². The molecule has 7 heteroatoms. The highest BCUT2D eigenvalue weighted by atomic mass is 32.3. The van der Waals surface area contributed by atoms with Gasteiger partial charge in [0.15, 0.2) is 10.9 Å². The molecule has 0 saturated carbocycles. The van der Waals surface area contributed by atoms with Crippen molar-refractivity contribution in [1.29, 1.82) is 0 Å². The molecule has 0 bridgehead atoms. The van der Waals surface area contributed by atoms with Gasteiger partial charge in [-0.3, -0.25) is 4.18 Å². The molecule has 1 unspecified atom stereocenters. The Balaban J connectivity index is 3.36. The lowest BCUT2D eigenvalue weighted by molar-refractivity contribution is 0.122. The Morgan fingerprint density at radius 3 is 2.08 bits per heavy atom. The molecule has 1 saturated heterocycles. The van der Waals surface area contributed by atoms with E-state index in [0.717, 1.165) is 0 Å². The number of rotatable bonds is 0. The van der Waals surface area contributed by atoms with E-state index < -0.39 is 30.8 Å². The van der Waals surface area contributed by atoms with Crippen molar-refractivity contribution in [3.8, 4) is 0 Å². The molecule has 1 atom stereocenters. The Bertz CT molecular complexity index is 338. The fourth-order valence-corrected chi connectivity index (χ4v) is 3.14. The van der Waals surface area contributed by atoms with Crippen LogP contribution < -0.4 is 0 Å². The van der Waals surface area contributed by atoms with Crippen molar-refractivity contribution in [3.63, 3.8) is 0 Å². The van der Waals surface area contributed by atoms with E-state index in [0.29, 0.717) is 0 Å². The highest BCUT2D eigenvalue weighted by molar-refractivity contribution is 8.11. The number of hydrogen-bond acceptors (Lipinski definition) is 5. The maximum Gasteiger partial charge on any atom is 0.288 e. The Kier molecular flexibility index (Phi) is 2.03. The van der Waals surface area contributed by atoms with Crippen LogP contribution in [0.3, 0.4) is 0 Å². The molecule has 1 aliphatic rings. The van der Waals surface area contributed by atoms with Crippen molar-refractivity contribution in [2.75, 3.05) is 6.79 Å². The van der Waals surface area contributed by atoms with Crippen LogP contribution in [-0.4, -0.2) is 29.4 Å². The predicted molar refractivity (Wildman–Crippen MR) is 45.3 cm³/mol. The standard InChI is InChI=1S/C5H10O5S2/c1-5(2)11(3,6)9-4-10-12(5,7)8/h3-4H2,1-2H3. The fraction of sp³-hybridized carbons (Fsp3) is 0.800. The van der Waals surface area contributed by atoms with Gasteiger partial charge in [-0.1, -0.05) is 0 Å². The first-order chi connectivity index (χ1) is 5.21. The van der Waals surface area contributed by atoms with Gasteiger partial charge >= 0.3 is 0 Å². The lowest BCUT2D eigenvalue weighted by atomic mass is 10.5. The van der Waals surface area contributed by atoms with Gasteiger partial charge in [0, 0.05) is 0 Å². The summed E-state index contributed by atoms with van der Waals surface area (Å²) >= 11 is 0. The zero-order valence-corrected chi connectivity index (χ0v) is 8.40. The monoisotopic (exact) mass is 214 g/mol. The van der Waals surface area contributed by atoms with Gasteiger partial charge in [0.1, 0.15) is 9.80 Å². The van der Waals surface area contributed by atoms with E-state index in [9.17, 15) is 12.6 Å². The SMILES string of the molecule is C=S1(=O)OCOS(=O)(=O)C1(C)C. The van der Waals surface area contributed by atoms with E-state index >= 15 is 0 Å². The molecule has 0 N–H and O–H groups in total. The van der Waals surface area contributed by atoms with E-state index in [-0.39, 0.29) is 0 Å². The van der Waals surface area contributed by atoms with Crippen molar-refractivity contribution in [2.24, 2.45) is 0 Å². The van der Waals surface area contributed by atoms with Gasteiger partial charge in [-0.25, -0.2) is 8.39 Å². The van der Waals surface area contributed by atoms with E-state index in [4.69, 9.17) is 0 Å². The van der Waals surface area contributed by atoms with Crippen LogP contribution in [0.15, 0.2) is 0 Å². The fourth-order valence-electron chi connectivity index (χ4n) is 0.600. The van der Waals surface area contributed by atoms with Crippen LogP contribution in [0.2, 0.25) is 0 Å². The molecule has 1 heterocycles. The summed E-state index contributed by atoms with van der Waals surface area (Å²) in [7, 11) is -6.91. The molecule has 1 aliphatic heterocycles. The molecule has 1 fully saturated rings. The van der Waals surface area contributed by atoms with E-state index in [2.05, 4.69) is 14.2 Å². The van der Waals surface area contributed by atoms with Gasteiger partial charge in [-0.15, -0.1) is 0 Å². The van der Waals surface area contributed by atoms with Crippen LogP contribution >= 0.6 is 0 Å². The van der Waals surface area contributed by atoms with Crippen molar-refractivity contribution in [3.05, 3.63) is 0 Å².